The van der Waals surface area contributed by atoms with Crippen LogP contribution in [0.4, 0.5) is 5.69 Å². The normalized spacial score (nSPS) is 11.5. The number of carbonyl (C=O) groups excluding carboxylic acids is 1. The Labute approximate surface area is 221 Å². The predicted octanol–water partition coefficient (Wildman–Crippen LogP) is 6.36. The third-order valence-corrected chi connectivity index (χ3v) is 8.69. The van der Waals surface area contributed by atoms with E-state index in [9.17, 15) is 13.2 Å². The number of anilines is 1. The first-order valence-electron chi connectivity index (χ1n) is 11.1. The number of hydrogen-bond acceptors (Lipinski definition) is 4. The van der Waals surface area contributed by atoms with E-state index < -0.39 is 10.0 Å². The average Bonchev–Trinajstić information content (AvgIpc) is 2.84. The number of amides is 1. The molecule has 3 rings (SSSR count). The van der Waals surface area contributed by atoms with E-state index in [2.05, 4.69) is 19.2 Å². The van der Waals surface area contributed by atoms with Gasteiger partial charge in [0.2, 0.25) is 5.91 Å². The standard InChI is InChI=1S/C26H28Cl2N2O3S2/c1-19(2)20-9-12-23(13-10-20)30(35(32,33)24-6-4-3-5-7-24)17-26(31)29-14-15-34-18-21-8-11-22(27)16-25(21)28/h3-13,16,19H,14-15,17-18H2,1-2H3,(H,29,31). The van der Waals surface area contributed by atoms with Gasteiger partial charge in [-0.15, -0.1) is 0 Å². The van der Waals surface area contributed by atoms with Crippen LogP contribution in [-0.4, -0.2) is 33.2 Å². The summed E-state index contributed by atoms with van der Waals surface area (Å²) in [5.41, 5.74) is 2.51. The molecule has 0 aromatic heterocycles. The van der Waals surface area contributed by atoms with E-state index in [0.29, 0.717) is 39.7 Å². The smallest absolute Gasteiger partial charge is 0.264 e. The molecule has 186 valence electrons. The van der Waals surface area contributed by atoms with Crippen molar-refractivity contribution in [3.8, 4) is 0 Å². The predicted molar refractivity (Wildman–Crippen MR) is 147 cm³/mol. The Bertz CT molecular complexity index is 1240. The second-order valence-electron chi connectivity index (χ2n) is 8.21. The van der Waals surface area contributed by atoms with E-state index in [0.717, 1.165) is 15.4 Å². The van der Waals surface area contributed by atoms with Gasteiger partial charge < -0.3 is 5.32 Å². The number of carbonyl (C=O) groups is 1. The highest BCUT2D eigenvalue weighted by Gasteiger charge is 2.27. The second-order valence-corrected chi connectivity index (χ2v) is 12.0. The maximum Gasteiger partial charge on any atom is 0.264 e. The molecule has 0 atom stereocenters. The molecule has 0 aliphatic heterocycles. The summed E-state index contributed by atoms with van der Waals surface area (Å²) >= 11 is 13.7. The Hall–Kier alpha value is -2.19. The number of benzene rings is 3. The molecule has 0 fully saturated rings. The lowest BCUT2D eigenvalue weighted by Gasteiger charge is -2.24. The van der Waals surface area contributed by atoms with Gasteiger partial charge in [-0.3, -0.25) is 9.10 Å². The topological polar surface area (TPSA) is 66.5 Å². The first-order valence-corrected chi connectivity index (χ1v) is 14.5. The Morgan fingerprint density at radius 2 is 1.69 bits per heavy atom. The highest BCUT2D eigenvalue weighted by molar-refractivity contribution is 7.98. The fraction of sp³-hybridized carbons (Fsp3) is 0.269. The molecule has 0 saturated heterocycles. The monoisotopic (exact) mass is 550 g/mol. The molecule has 9 heteroatoms. The van der Waals surface area contributed by atoms with E-state index in [1.165, 1.54) is 12.1 Å². The third kappa shape index (κ3) is 7.64. The van der Waals surface area contributed by atoms with Crippen LogP contribution in [0.1, 0.15) is 30.9 Å². The number of rotatable bonds is 11. The summed E-state index contributed by atoms with van der Waals surface area (Å²) in [7, 11) is -3.92. The van der Waals surface area contributed by atoms with Crippen LogP contribution in [0, 0.1) is 0 Å². The summed E-state index contributed by atoms with van der Waals surface area (Å²) in [5.74, 6) is 1.27. The highest BCUT2D eigenvalue weighted by Crippen LogP contribution is 2.26. The zero-order valence-electron chi connectivity index (χ0n) is 19.6. The number of nitrogens with one attached hydrogen (secondary N) is 1. The number of thioether (sulfide) groups is 1. The first-order chi connectivity index (χ1) is 16.7. The van der Waals surface area contributed by atoms with Crippen LogP contribution in [0.3, 0.4) is 0 Å². The lowest BCUT2D eigenvalue weighted by Crippen LogP contribution is -2.41. The number of sulfonamides is 1. The molecule has 0 bridgehead atoms. The van der Waals surface area contributed by atoms with Gasteiger partial charge in [0.25, 0.3) is 10.0 Å². The summed E-state index contributed by atoms with van der Waals surface area (Å²) < 4.78 is 27.9. The molecule has 0 unspecified atom stereocenters. The molecule has 0 saturated carbocycles. The van der Waals surface area contributed by atoms with Crippen LogP contribution >= 0.6 is 35.0 Å². The molecule has 0 radical (unpaired) electrons. The molecule has 0 aliphatic carbocycles. The van der Waals surface area contributed by atoms with Gasteiger partial charge in [-0.2, -0.15) is 11.8 Å². The van der Waals surface area contributed by atoms with Gasteiger partial charge in [0.15, 0.2) is 0 Å². The summed E-state index contributed by atoms with van der Waals surface area (Å²) in [5, 5.41) is 4.02. The number of nitrogens with zero attached hydrogens (tertiary/aromatic N) is 1. The number of hydrogen-bond donors (Lipinski definition) is 1. The second kappa shape index (κ2) is 12.7. The summed E-state index contributed by atoms with van der Waals surface area (Å²) in [6.07, 6.45) is 0. The average molecular weight is 552 g/mol. The van der Waals surface area contributed by atoms with E-state index >= 15 is 0 Å². The van der Waals surface area contributed by atoms with Crippen molar-refractivity contribution in [1.82, 2.24) is 5.32 Å². The van der Waals surface area contributed by atoms with Crippen LogP contribution in [0.15, 0.2) is 77.7 Å². The fourth-order valence-electron chi connectivity index (χ4n) is 3.33. The highest BCUT2D eigenvalue weighted by atomic mass is 35.5. The van der Waals surface area contributed by atoms with Crippen molar-refractivity contribution in [1.29, 1.82) is 0 Å². The Kier molecular flexibility index (Phi) is 9.92. The van der Waals surface area contributed by atoms with Gasteiger partial charge in [-0.25, -0.2) is 8.42 Å². The molecule has 1 amide bonds. The van der Waals surface area contributed by atoms with Gasteiger partial charge in [0.05, 0.1) is 10.6 Å². The zero-order chi connectivity index (χ0) is 25.4. The van der Waals surface area contributed by atoms with Crippen LogP contribution in [0.25, 0.3) is 0 Å². The minimum absolute atomic E-state index is 0.135. The van der Waals surface area contributed by atoms with Gasteiger partial charge in [-0.05, 0) is 53.4 Å². The molecule has 3 aromatic rings. The Morgan fingerprint density at radius 1 is 1.00 bits per heavy atom. The van der Waals surface area contributed by atoms with Crippen molar-refractivity contribution >= 4 is 56.6 Å². The number of halogens is 2. The molecular weight excluding hydrogens is 523 g/mol. The third-order valence-electron chi connectivity index (χ3n) is 5.31. The van der Waals surface area contributed by atoms with Crippen molar-refractivity contribution in [3.63, 3.8) is 0 Å². The lowest BCUT2D eigenvalue weighted by atomic mass is 10.0. The molecule has 0 spiro atoms. The molecule has 0 heterocycles. The van der Waals surface area contributed by atoms with Crippen molar-refractivity contribution < 1.29 is 13.2 Å². The largest absolute Gasteiger partial charge is 0.354 e. The zero-order valence-corrected chi connectivity index (χ0v) is 22.7. The molecular formula is C26H28Cl2N2O3S2. The van der Waals surface area contributed by atoms with E-state index in [-0.39, 0.29) is 17.3 Å². The van der Waals surface area contributed by atoms with Gasteiger partial charge in [0.1, 0.15) is 6.54 Å². The molecule has 35 heavy (non-hydrogen) atoms. The maximum absolute atomic E-state index is 13.4. The van der Waals surface area contributed by atoms with Crippen molar-refractivity contribution in [2.75, 3.05) is 23.1 Å². The van der Waals surface area contributed by atoms with Crippen molar-refractivity contribution in [2.45, 2.75) is 30.4 Å². The first kappa shape index (κ1) is 27.4. The summed E-state index contributed by atoms with van der Waals surface area (Å²) in [4.78, 5) is 12.9. The summed E-state index contributed by atoms with van der Waals surface area (Å²) in [6, 6.07) is 20.8. The van der Waals surface area contributed by atoms with Crippen LogP contribution in [0.2, 0.25) is 10.0 Å². The van der Waals surface area contributed by atoms with E-state index in [1.807, 2.05) is 18.2 Å². The van der Waals surface area contributed by atoms with Gasteiger partial charge >= 0.3 is 0 Å². The maximum atomic E-state index is 13.4. The van der Waals surface area contributed by atoms with Crippen molar-refractivity contribution in [2.24, 2.45) is 0 Å². The Morgan fingerprint density at radius 3 is 2.31 bits per heavy atom. The lowest BCUT2D eigenvalue weighted by molar-refractivity contribution is -0.119. The van der Waals surface area contributed by atoms with E-state index in [1.54, 1.807) is 54.2 Å². The van der Waals surface area contributed by atoms with Crippen molar-refractivity contribution in [3.05, 3.63) is 94.0 Å². The quantitative estimate of drug-likeness (QED) is 0.282. The van der Waals surface area contributed by atoms with Crippen LogP contribution in [-0.2, 0) is 20.6 Å². The summed E-state index contributed by atoms with van der Waals surface area (Å²) in [6.45, 7) is 4.23. The minimum atomic E-state index is -3.92. The minimum Gasteiger partial charge on any atom is -0.354 e. The van der Waals surface area contributed by atoms with Crippen LogP contribution < -0.4 is 9.62 Å². The van der Waals surface area contributed by atoms with Gasteiger partial charge in [-0.1, -0.05) is 73.4 Å². The molecule has 5 nitrogen and oxygen atoms in total. The Balaban J connectivity index is 1.65. The van der Waals surface area contributed by atoms with E-state index in [4.69, 9.17) is 23.2 Å². The fourth-order valence-corrected chi connectivity index (χ4v) is 6.19. The molecule has 1 N–H and O–H groups in total. The van der Waals surface area contributed by atoms with Gasteiger partial charge in [0, 0.05) is 28.1 Å². The molecule has 0 aliphatic rings. The SMILES string of the molecule is CC(C)c1ccc(N(CC(=O)NCCSCc2ccc(Cl)cc2Cl)S(=O)(=O)c2ccccc2)cc1. The van der Waals surface area contributed by atoms with Crippen LogP contribution in [0.5, 0.6) is 0 Å². The molecule has 3 aromatic carbocycles.